The molecule has 0 radical (unpaired) electrons. The monoisotopic (exact) mass is 610 g/mol. The summed E-state index contributed by atoms with van der Waals surface area (Å²) < 4.78 is 6.09. The topological polar surface area (TPSA) is 126 Å². The number of hydrazone groups is 1. The van der Waals surface area contributed by atoms with Gasteiger partial charge >= 0.3 is 17.8 Å². The molecule has 41 heavy (non-hydrogen) atoms. The van der Waals surface area contributed by atoms with E-state index < -0.39 is 23.7 Å². The van der Waals surface area contributed by atoms with Gasteiger partial charge in [0.05, 0.1) is 17.5 Å². The summed E-state index contributed by atoms with van der Waals surface area (Å²) in [6, 6.07) is 29.2. The van der Waals surface area contributed by atoms with Gasteiger partial charge in [0.25, 0.3) is 5.91 Å². The van der Waals surface area contributed by atoms with E-state index in [1.807, 2.05) is 36.4 Å². The first-order valence-electron chi connectivity index (χ1n) is 12.2. The van der Waals surface area contributed by atoms with Gasteiger partial charge in [-0.2, -0.15) is 5.10 Å². The Morgan fingerprint density at radius 1 is 0.756 bits per heavy atom. The average Bonchev–Trinajstić information content (AvgIpc) is 2.98. The maximum absolute atomic E-state index is 12.7. The lowest BCUT2D eigenvalue weighted by atomic mass is 10.1. The number of amides is 3. The van der Waals surface area contributed by atoms with Gasteiger partial charge in [0.2, 0.25) is 0 Å². The number of esters is 1. The molecule has 3 N–H and O–H groups in total. The number of para-hydroxylation sites is 2. The summed E-state index contributed by atoms with van der Waals surface area (Å²) in [6.45, 7) is 0. The highest BCUT2D eigenvalue weighted by Crippen LogP contribution is 2.22. The SMILES string of the molecule is O=C(/C=C/c1ccccc1)Oc1ccc(Br)cc1/C=N\NC(=O)C(=O)Nc1ccccc1C(=O)Nc1ccccc1. The Labute approximate surface area is 244 Å². The molecule has 0 unspecified atom stereocenters. The van der Waals surface area contributed by atoms with Crippen LogP contribution < -0.4 is 20.8 Å². The fourth-order valence-corrected chi connectivity index (χ4v) is 3.86. The van der Waals surface area contributed by atoms with Gasteiger partial charge in [-0.25, -0.2) is 10.2 Å². The van der Waals surface area contributed by atoms with Crippen molar-refractivity contribution in [3.63, 3.8) is 0 Å². The number of rotatable bonds is 8. The number of carbonyl (C=O) groups excluding carboxylic acids is 4. The first kappa shape index (κ1) is 28.7. The van der Waals surface area contributed by atoms with E-state index >= 15 is 0 Å². The quantitative estimate of drug-likeness (QED) is 0.0614. The third-order valence-corrected chi connectivity index (χ3v) is 5.91. The van der Waals surface area contributed by atoms with Gasteiger partial charge in [-0.15, -0.1) is 0 Å². The van der Waals surface area contributed by atoms with E-state index in [0.717, 1.165) is 5.56 Å². The molecule has 0 atom stereocenters. The average molecular weight is 611 g/mol. The molecular weight excluding hydrogens is 588 g/mol. The van der Waals surface area contributed by atoms with Crippen molar-refractivity contribution in [2.75, 3.05) is 10.6 Å². The number of nitrogens with zero attached hydrogens (tertiary/aromatic N) is 1. The first-order valence-corrected chi connectivity index (χ1v) is 13.0. The number of hydrogen-bond donors (Lipinski definition) is 3. The summed E-state index contributed by atoms with van der Waals surface area (Å²) in [7, 11) is 0. The van der Waals surface area contributed by atoms with Crippen molar-refractivity contribution in [2.45, 2.75) is 0 Å². The van der Waals surface area contributed by atoms with Crippen LogP contribution in [0, 0.1) is 0 Å². The lowest BCUT2D eigenvalue weighted by molar-refractivity contribution is -0.136. The summed E-state index contributed by atoms with van der Waals surface area (Å²) in [6.07, 6.45) is 4.15. The minimum Gasteiger partial charge on any atom is -0.423 e. The second-order valence-electron chi connectivity index (χ2n) is 8.37. The second kappa shape index (κ2) is 14.2. The molecule has 3 amide bonds. The van der Waals surface area contributed by atoms with Gasteiger partial charge in [-0.05, 0) is 54.1 Å². The molecule has 4 aromatic rings. The highest BCUT2D eigenvalue weighted by Gasteiger charge is 2.18. The Balaban J connectivity index is 1.38. The Hall–Kier alpha value is -5.35. The van der Waals surface area contributed by atoms with Gasteiger partial charge in [0, 0.05) is 21.8 Å². The predicted octanol–water partition coefficient (Wildman–Crippen LogP) is 5.41. The molecule has 0 aromatic heterocycles. The number of anilines is 2. The van der Waals surface area contributed by atoms with Crippen molar-refractivity contribution in [3.8, 4) is 5.75 Å². The Morgan fingerprint density at radius 2 is 1.44 bits per heavy atom. The van der Waals surface area contributed by atoms with Crippen LogP contribution in [0.15, 0.2) is 119 Å². The van der Waals surface area contributed by atoms with Crippen LogP contribution in [-0.2, 0) is 14.4 Å². The van der Waals surface area contributed by atoms with E-state index in [-0.39, 0.29) is 17.0 Å². The van der Waals surface area contributed by atoms with Crippen molar-refractivity contribution in [1.82, 2.24) is 5.43 Å². The Bertz CT molecular complexity index is 1620. The Kier molecular flexibility index (Phi) is 9.89. The maximum atomic E-state index is 12.7. The number of carbonyl (C=O) groups is 4. The van der Waals surface area contributed by atoms with E-state index in [9.17, 15) is 19.2 Å². The molecule has 10 heteroatoms. The van der Waals surface area contributed by atoms with Gasteiger partial charge in [-0.1, -0.05) is 76.6 Å². The summed E-state index contributed by atoms with van der Waals surface area (Å²) in [5.74, 6) is -2.98. The zero-order chi connectivity index (χ0) is 29.0. The predicted molar refractivity (Wildman–Crippen MR) is 160 cm³/mol. The standard InChI is InChI=1S/C31H23BrN4O5/c32-23-16-17-27(41-28(37)18-15-21-9-3-1-4-10-21)22(19-23)20-33-36-31(40)30(39)35-26-14-8-7-13-25(26)29(38)34-24-11-5-2-6-12-24/h1-20H,(H,34,38)(H,35,39)(H,36,40)/b18-15+,33-20-. The third-order valence-electron chi connectivity index (χ3n) is 5.42. The second-order valence-corrected chi connectivity index (χ2v) is 9.28. The van der Waals surface area contributed by atoms with E-state index in [1.165, 1.54) is 24.4 Å². The van der Waals surface area contributed by atoms with Crippen molar-refractivity contribution in [2.24, 2.45) is 5.10 Å². The molecule has 0 saturated heterocycles. The number of benzene rings is 4. The summed E-state index contributed by atoms with van der Waals surface area (Å²) in [4.78, 5) is 50.0. The van der Waals surface area contributed by atoms with Crippen molar-refractivity contribution in [1.29, 1.82) is 0 Å². The molecule has 4 aromatic carbocycles. The normalized spacial score (nSPS) is 10.8. The van der Waals surface area contributed by atoms with Crippen LogP contribution in [-0.4, -0.2) is 29.9 Å². The molecule has 0 aliphatic heterocycles. The fraction of sp³-hybridized carbons (Fsp3) is 0. The molecule has 0 saturated carbocycles. The van der Waals surface area contributed by atoms with Crippen LogP contribution in [0.25, 0.3) is 6.08 Å². The van der Waals surface area contributed by atoms with Gasteiger partial charge in [0.15, 0.2) is 0 Å². The molecule has 0 bridgehead atoms. The van der Waals surface area contributed by atoms with Crippen molar-refractivity contribution >= 4 is 63.3 Å². The highest BCUT2D eigenvalue weighted by atomic mass is 79.9. The molecule has 0 heterocycles. The number of hydrogen-bond acceptors (Lipinski definition) is 6. The van der Waals surface area contributed by atoms with E-state index in [1.54, 1.807) is 60.7 Å². The number of ether oxygens (including phenoxy) is 1. The molecular formula is C31H23BrN4O5. The van der Waals surface area contributed by atoms with Crippen LogP contribution in [0.4, 0.5) is 11.4 Å². The van der Waals surface area contributed by atoms with Crippen LogP contribution in [0.2, 0.25) is 0 Å². The number of halogens is 1. The summed E-state index contributed by atoms with van der Waals surface area (Å²) in [5.41, 5.74) is 4.23. The van der Waals surface area contributed by atoms with E-state index in [2.05, 4.69) is 37.1 Å². The van der Waals surface area contributed by atoms with E-state index in [0.29, 0.717) is 15.7 Å². The maximum Gasteiger partial charge on any atom is 0.336 e. The third kappa shape index (κ3) is 8.57. The molecule has 4 rings (SSSR count). The van der Waals surface area contributed by atoms with Crippen LogP contribution in [0.1, 0.15) is 21.5 Å². The highest BCUT2D eigenvalue weighted by molar-refractivity contribution is 9.10. The number of nitrogens with one attached hydrogen (secondary N) is 3. The van der Waals surface area contributed by atoms with Gasteiger partial charge in [0.1, 0.15) is 5.75 Å². The van der Waals surface area contributed by atoms with Crippen LogP contribution >= 0.6 is 15.9 Å². The zero-order valence-electron chi connectivity index (χ0n) is 21.4. The molecule has 0 aliphatic carbocycles. The largest absolute Gasteiger partial charge is 0.423 e. The zero-order valence-corrected chi connectivity index (χ0v) is 23.0. The van der Waals surface area contributed by atoms with Crippen molar-refractivity contribution < 1.29 is 23.9 Å². The van der Waals surface area contributed by atoms with Gasteiger partial charge in [-0.3, -0.25) is 14.4 Å². The van der Waals surface area contributed by atoms with Gasteiger partial charge < -0.3 is 15.4 Å². The lowest BCUT2D eigenvalue weighted by Gasteiger charge is -2.11. The Morgan fingerprint density at radius 3 is 2.20 bits per heavy atom. The molecule has 204 valence electrons. The van der Waals surface area contributed by atoms with Crippen molar-refractivity contribution in [3.05, 3.63) is 130 Å². The summed E-state index contributed by atoms with van der Waals surface area (Å²) >= 11 is 3.34. The van der Waals surface area contributed by atoms with Crippen LogP contribution in [0.3, 0.4) is 0 Å². The smallest absolute Gasteiger partial charge is 0.336 e. The minimum atomic E-state index is -1.07. The summed E-state index contributed by atoms with van der Waals surface area (Å²) in [5, 5.41) is 8.99. The minimum absolute atomic E-state index is 0.148. The lowest BCUT2D eigenvalue weighted by Crippen LogP contribution is -2.33. The first-order chi connectivity index (χ1) is 19.9. The van der Waals surface area contributed by atoms with E-state index in [4.69, 9.17) is 4.74 Å². The molecule has 9 nitrogen and oxygen atoms in total. The van der Waals surface area contributed by atoms with Crippen LogP contribution in [0.5, 0.6) is 5.75 Å². The molecule has 0 spiro atoms. The molecule has 0 aliphatic rings. The molecule has 0 fully saturated rings. The fourth-order valence-electron chi connectivity index (χ4n) is 3.48.